The number of nitrogens with zero attached hydrogens (tertiary/aromatic N) is 2. The fourth-order valence-electron chi connectivity index (χ4n) is 3.32. The van der Waals surface area contributed by atoms with E-state index in [1.807, 2.05) is 26.0 Å². The predicted molar refractivity (Wildman–Crippen MR) is 116 cm³/mol. The standard InChI is InChI=1S/C23H24N4O2/c1-15-10-16(2)12-21(11-15)27-17(3)13-19(18(27)4)14-24-26-23(29)22(28)25-20-8-6-5-7-9-20/h5-14H,1-4H3,(H,25,28)(H,26,29)/b24-14-. The van der Waals surface area contributed by atoms with Crippen LogP contribution in [0.5, 0.6) is 0 Å². The van der Waals surface area contributed by atoms with Gasteiger partial charge in [0.25, 0.3) is 0 Å². The molecule has 0 saturated carbocycles. The van der Waals surface area contributed by atoms with Gasteiger partial charge < -0.3 is 9.88 Å². The van der Waals surface area contributed by atoms with Gasteiger partial charge in [0.2, 0.25) is 0 Å². The average Bonchev–Trinajstić information content (AvgIpc) is 2.95. The highest BCUT2D eigenvalue weighted by Crippen LogP contribution is 2.21. The Balaban J connectivity index is 1.71. The van der Waals surface area contributed by atoms with Gasteiger partial charge in [0.1, 0.15) is 0 Å². The maximum absolute atomic E-state index is 11.9. The minimum atomic E-state index is -0.826. The molecule has 2 N–H and O–H groups in total. The van der Waals surface area contributed by atoms with Crippen molar-refractivity contribution >= 4 is 23.7 Å². The molecule has 3 aromatic rings. The lowest BCUT2D eigenvalue weighted by Gasteiger charge is -2.11. The number of aromatic nitrogens is 1. The molecule has 2 aromatic carbocycles. The van der Waals surface area contributed by atoms with Crippen LogP contribution in [0.25, 0.3) is 5.69 Å². The van der Waals surface area contributed by atoms with Crippen molar-refractivity contribution < 1.29 is 9.59 Å². The van der Waals surface area contributed by atoms with Gasteiger partial charge in [0.15, 0.2) is 0 Å². The number of hydrogen-bond acceptors (Lipinski definition) is 3. The van der Waals surface area contributed by atoms with E-state index in [1.165, 1.54) is 11.1 Å². The van der Waals surface area contributed by atoms with E-state index in [-0.39, 0.29) is 0 Å². The molecule has 0 aliphatic carbocycles. The first-order valence-corrected chi connectivity index (χ1v) is 9.32. The van der Waals surface area contributed by atoms with Crippen LogP contribution >= 0.6 is 0 Å². The summed E-state index contributed by atoms with van der Waals surface area (Å²) in [6.07, 6.45) is 1.55. The third kappa shape index (κ3) is 4.79. The summed E-state index contributed by atoms with van der Waals surface area (Å²) < 4.78 is 2.14. The SMILES string of the molecule is Cc1cc(C)cc(-n2c(C)cc(/C=N\NC(=O)C(=O)Nc3ccccc3)c2C)c1. The second kappa shape index (κ2) is 8.56. The number of hydrogen-bond donors (Lipinski definition) is 2. The van der Waals surface area contributed by atoms with Crippen molar-refractivity contribution in [2.45, 2.75) is 27.7 Å². The highest BCUT2D eigenvalue weighted by atomic mass is 16.2. The molecule has 1 aromatic heterocycles. The van der Waals surface area contributed by atoms with Gasteiger partial charge in [0, 0.05) is 28.3 Å². The van der Waals surface area contributed by atoms with Crippen LogP contribution in [0.3, 0.4) is 0 Å². The summed E-state index contributed by atoms with van der Waals surface area (Å²) in [4.78, 5) is 23.9. The molecule has 1 heterocycles. The number of rotatable bonds is 4. The molecule has 0 saturated heterocycles. The van der Waals surface area contributed by atoms with Crippen LogP contribution in [0.1, 0.15) is 28.1 Å². The van der Waals surface area contributed by atoms with Crippen molar-refractivity contribution in [1.82, 2.24) is 9.99 Å². The van der Waals surface area contributed by atoms with Crippen LogP contribution in [0.4, 0.5) is 5.69 Å². The van der Waals surface area contributed by atoms with Gasteiger partial charge in [-0.25, -0.2) is 5.43 Å². The summed E-state index contributed by atoms with van der Waals surface area (Å²) in [5, 5.41) is 6.47. The molecular weight excluding hydrogens is 364 g/mol. The van der Waals surface area contributed by atoms with Gasteiger partial charge in [-0.1, -0.05) is 24.3 Å². The molecule has 2 amide bonds. The molecule has 0 unspecified atom stereocenters. The molecule has 29 heavy (non-hydrogen) atoms. The topological polar surface area (TPSA) is 75.5 Å². The third-order valence-electron chi connectivity index (χ3n) is 4.54. The van der Waals surface area contributed by atoms with Crippen molar-refractivity contribution in [1.29, 1.82) is 0 Å². The van der Waals surface area contributed by atoms with Gasteiger partial charge in [-0.15, -0.1) is 0 Å². The average molecular weight is 388 g/mol. The number of amides is 2. The zero-order chi connectivity index (χ0) is 21.0. The maximum atomic E-state index is 11.9. The van der Waals surface area contributed by atoms with Gasteiger partial charge in [0.05, 0.1) is 6.21 Å². The number of para-hydroxylation sites is 1. The zero-order valence-corrected chi connectivity index (χ0v) is 17.0. The Bertz CT molecular complexity index is 1060. The van der Waals surface area contributed by atoms with Crippen LogP contribution < -0.4 is 10.7 Å². The first kappa shape index (κ1) is 20.1. The molecule has 0 fully saturated rings. The second-order valence-electron chi connectivity index (χ2n) is 7.03. The molecule has 0 atom stereocenters. The van der Waals surface area contributed by atoms with E-state index in [4.69, 9.17) is 0 Å². The summed E-state index contributed by atoms with van der Waals surface area (Å²) >= 11 is 0. The van der Waals surface area contributed by atoms with Crippen molar-refractivity contribution in [3.63, 3.8) is 0 Å². The molecule has 0 aliphatic heterocycles. The Morgan fingerprint density at radius 2 is 1.55 bits per heavy atom. The summed E-state index contributed by atoms with van der Waals surface area (Å²) in [6, 6.07) is 17.2. The van der Waals surface area contributed by atoms with E-state index in [0.717, 1.165) is 22.6 Å². The number of carbonyl (C=O) groups excluding carboxylic acids is 2. The Morgan fingerprint density at radius 1 is 0.897 bits per heavy atom. The third-order valence-corrected chi connectivity index (χ3v) is 4.54. The predicted octanol–water partition coefficient (Wildman–Crippen LogP) is 3.80. The molecule has 0 radical (unpaired) electrons. The molecule has 6 nitrogen and oxygen atoms in total. The number of aryl methyl sites for hydroxylation is 3. The van der Waals surface area contributed by atoms with E-state index in [1.54, 1.807) is 30.5 Å². The molecule has 0 aliphatic rings. The number of anilines is 1. The Morgan fingerprint density at radius 3 is 2.21 bits per heavy atom. The molecule has 3 rings (SSSR count). The minimum absolute atomic E-state index is 0.550. The summed E-state index contributed by atoms with van der Waals surface area (Å²) in [7, 11) is 0. The summed E-state index contributed by atoms with van der Waals surface area (Å²) in [5.41, 5.74) is 9.22. The van der Waals surface area contributed by atoms with Gasteiger partial charge in [-0.2, -0.15) is 5.10 Å². The first-order chi connectivity index (χ1) is 13.8. The normalized spacial score (nSPS) is 10.9. The lowest BCUT2D eigenvalue weighted by molar-refractivity contribution is -0.136. The summed E-state index contributed by atoms with van der Waals surface area (Å²) in [5.74, 6) is -1.60. The van der Waals surface area contributed by atoms with Crippen molar-refractivity contribution in [2.24, 2.45) is 5.10 Å². The van der Waals surface area contributed by atoms with Crippen LogP contribution in [0.15, 0.2) is 59.7 Å². The second-order valence-corrected chi connectivity index (χ2v) is 7.03. The van der Waals surface area contributed by atoms with E-state index in [9.17, 15) is 9.59 Å². The molecular formula is C23H24N4O2. The largest absolute Gasteiger partial charge is 0.329 e. The van der Waals surface area contributed by atoms with E-state index in [0.29, 0.717) is 5.69 Å². The minimum Gasteiger partial charge on any atom is -0.318 e. The quantitative estimate of drug-likeness (QED) is 0.405. The molecule has 148 valence electrons. The number of nitrogens with one attached hydrogen (secondary N) is 2. The molecule has 0 spiro atoms. The highest BCUT2D eigenvalue weighted by Gasteiger charge is 2.13. The van der Waals surface area contributed by atoms with Gasteiger partial charge >= 0.3 is 11.8 Å². The van der Waals surface area contributed by atoms with Gasteiger partial charge in [-0.05, 0) is 69.2 Å². The zero-order valence-electron chi connectivity index (χ0n) is 17.0. The van der Waals surface area contributed by atoms with Crippen molar-refractivity contribution in [2.75, 3.05) is 5.32 Å². The smallest absolute Gasteiger partial charge is 0.318 e. The lowest BCUT2D eigenvalue weighted by atomic mass is 10.1. The Labute approximate surface area is 170 Å². The van der Waals surface area contributed by atoms with Crippen LogP contribution in [0, 0.1) is 27.7 Å². The molecule has 0 bridgehead atoms. The maximum Gasteiger partial charge on any atom is 0.329 e. The first-order valence-electron chi connectivity index (χ1n) is 9.32. The molecule has 6 heteroatoms. The van der Waals surface area contributed by atoms with Crippen LogP contribution in [-0.2, 0) is 9.59 Å². The summed E-state index contributed by atoms with van der Waals surface area (Å²) in [6.45, 7) is 8.16. The van der Waals surface area contributed by atoms with Crippen molar-refractivity contribution in [3.8, 4) is 5.69 Å². The lowest BCUT2D eigenvalue weighted by Crippen LogP contribution is -2.32. The van der Waals surface area contributed by atoms with Crippen LogP contribution in [-0.4, -0.2) is 22.6 Å². The Hall–Kier alpha value is -3.67. The van der Waals surface area contributed by atoms with E-state index >= 15 is 0 Å². The number of benzene rings is 2. The van der Waals surface area contributed by atoms with E-state index in [2.05, 4.69) is 52.5 Å². The van der Waals surface area contributed by atoms with E-state index < -0.39 is 11.8 Å². The van der Waals surface area contributed by atoms with Crippen LogP contribution in [0.2, 0.25) is 0 Å². The van der Waals surface area contributed by atoms with Crippen molar-refractivity contribution in [3.05, 3.63) is 82.7 Å². The number of carbonyl (C=O) groups is 2. The highest BCUT2D eigenvalue weighted by molar-refractivity contribution is 6.39. The number of hydrazone groups is 1. The fourth-order valence-corrected chi connectivity index (χ4v) is 3.32. The fraction of sp³-hybridized carbons (Fsp3) is 0.174. The monoisotopic (exact) mass is 388 g/mol. The van der Waals surface area contributed by atoms with Gasteiger partial charge in [-0.3, -0.25) is 9.59 Å². The Kier molecular flexibility index (Phi) is 5.93.